The third-order valence-corrected chi connectivity index (χ3v) is 7.24. The zero-order valence-electron chi connectivity index (χ0n) is 18.1. The van der Waals surface area contributed by atoms with Crippen LogP contribution in [0.4, 0.5) is 11.4 Å². The molecule has 1 fully saturated rings. The molecule has 0 radical (unpaired) electrons. The Morgan fingerprint density at radius 3 is 2.15 bits per heavy atom. The molecule has 33 heavy (non-hydrogen) atoms. The number of rotatable bonds is 8. The Bertz CT molecular complexity index is 1210. The van der Waals surface area contributed by atoms with E-state index in [0.717, 1.165) is 17.7 Å². The van der Waals surface area contributed by atoms with Gasteiger partial charge in [-0.3, -0.25) is 9.59 Å². The molecule has 0 aromatic heterocycles. The second-order valence-electron chi connectivity index (χ2n) is 7.82. The summed E-state index contributed by atoms with van der Waals surface area (Å²) in [6.07, 6.45) is 1.39. The lowest BCUT2D eigenvalue weighted by Gasteiger charge is -2.22. The van der Waals surface area contributed by atoms with Gasteiger partial charge in [0.05, 0.1) is 11.4 Å². The number of sulfonamides is 1. The highest BCUT2D eigenvalue weighted by Crippen LogP contribution is 2.23. The quantitative estimate of drug-likeness (QED) is 0.553. The van der Waals surface area contributed by atoms with E-state index in [9.17, 15) is 18.0 Å². The van der Waals surface area contributed by atoms with Gasteiger partial charge in [-0.25, -0.2) is 8.42 Å². The van der Waals surface area contributed by atoms with Crippen molar-refractivity contribution in [2.75, 3.05) is 23.3 Å². The number of amides is 2. The minimum Gasteiger partial charge on any atom is -0.325 e. The number of carbonyl (C=O) groups excluding carboxylic acids is 2. The molecule has 0 unspecified atom stereocenters. The summed E-state index contributed by atoms with van der Waals surface area (Å²) in [7, 11) is -3.88. The Balaban J connectivity index is 1.49. The molecule has 3 aromatic carbocycles. The first-order valence-corrected chi connectivity index (χ1v) is 12.2. The van der Waals surface area contributed by atoms with Crippen molar-refractivity contribution in [1.82, 2.24) is 4.31 Å². The highest BCUT2D eigenvalue weighted by Gasteiger charge is 2.27. The second-order valence-corrected chi connectivity index (χ2v) is 9.75. The second kappa shape index (κ2) is 9.97. The Morgan fingerprint density at radius 2 is 1.55 bits per heavy atom. The molecule has 1 heterocycles. The van der Waals surface area contributed by atoms with Gasteiger partial charge in [0.1, 0.15) is 0 Å². The van der Waals surface area contributed by atoms with E-state index in [4.69, 9.17) is 0 Å². The lowest BCUT2D eigenvalue weighted by atomic mass is 10.2. The first kappa shape index (κ1) is 22.7. The standard InChI is InChI=1S/C25H25N3O4S/c29-24(26-21-13-15-22(16-14-21)28-17-7-12-25(28)30)19-27(18-20-8-3-1-4-9-20)33(31,32)23-10-5-2-6-11-23/h1-6,8-11,13-16H,7,12,17-19H2,(H,26,29). The lowest BCUT2D eigenvalue weighted by Crippen LogP contribution is -2.37. The average molecular weight is 464 g/mol. The Morgan fingerprint density at radius 1 is 0.909 bits per heavy atom. The van der Waals surface area contributed by atoms with E-state index in [0.29, 0.717) is 18.7 Å². The van der Waals surface area contributed by atoms with Gasteiger partial charge >= 0.3 is 0 Å². The van der Waals surface area contributed by atoms with E-state index in [1.54, 1.807) is 47.4 Å². The van der Waals surface area contributed by atoms with Crippen molar-refractivity contribution in [2.24, 2.45) is 0 Å². The molecule has 8 heteroatoms. The molecule has 0 spiro atoms. The Kier molecular flexibility index (Phi) is 6.86. The van der Waals surface area contributed by atoms with Crippen LogP contribution in [0, 0.1) is 0 Å². The van der Waals surface area contributed by atoms with Crippen molar-refractivity contribution in [3.05, 3.63) is 90.5 Å². The molecule has 0 aliphatic carbocycles. The summed E-state index contributed by atoms with van der Waals surface area (Å²) >= 11 is 0. The first-order valence-electron chi connectivity index (χ1n) is 10.7. The third-order valence-electron chi connectivity index (χ3n) is 5.44. The molecular formula is C25H25N3O4S. The fraction of sp³-hybridized carbons (Fsp3) is 0.200. The van der Waals surface area contributed by atoms with Crippen LogP contribution in [-0.4, -0.2) is 37.6 Å². The van der Waals surface area contributed by atoms with Gasteiger partial charge in [-0.1, -0.05) is 48.5 Å². The molecule has 0 bridgehead atoms. The summed E-state index contributed by atoms with van der Waals surface area (Å²) in [6.45, 7) is 0.427. The van der Waals surface area contributed by atoms with Gasteiger partial charge in [0, 0.05) is 30.9 Å². The van der Waals surface area contributed by atoms with E-state index < -0.39 is 15.9 Å². The lowest BCUT2D eigenvalue weighted by molar-refractivity contribution is -0.117. The van der Waals surface area contributed by atoms with E-state index in [2.05, 4.69) is 5.32 Å². The fourth-order valence-electron chi connectivity index (χ4n) is 3.76. The normalized spacial score (nSPS) is 14.0. The largest absolute Gasteiger partial charge is 0.325 e. The van der Waals surface area contributed by atoms with Crippen LogP contribution in [0.15, 0.2) is 89.8 Å². The topological polar surface area (TPSA) is 86.8 Å². The molecule has 0 saturated carbocycles. The Hall–Kier alpha value is -3.49. The van der Waals surface area contributed by atoms with E-state index >= 15 is 0 Å². The van der Waals surface area contributed by atoms with E-state index in [1.165, 1.54) is 16.4 Å². The summed E-state index contributed by atoms with van der Waals surface area (Å²) in [6, 6.07) is 24.2. The maximum absolute atomic E-state index is 13.3. The zero-order chi connectivity index (χ0) is 23.3. The smallest absolute Gasteiger partial charge is 0.243 e. The van der Waals surface area contributed by atoms with Crippen LogP contribution in [0.3, 0.4) is 0 Å². The number of benzene rings is 3. The van der Waals surface area contributed by atoms with Crippen LogP contribution in [-0.2, 0) is 26.2 Å². The minimum absolute atomic E-state index is 0.0709. The number of hydrogen-bond donors (Lipinski definition) is 1. The van der Waals surface area contributed by atoms with Gasteiger partial charge < -0.3 is 10.2 Å². The van der Waals surface area contributed by atoms with E-state index in [-0.39, 0.29) is 23.9 Å². The number of nitrogens with zero attached hydrogens (tertiary/aromatic N) is 2. The molecule has 1 aliphatic rings. The van der Waals surface area contributed by atoms with E-state index in [1.807, 2.05) is 30.3 Å². The molecule has 3 aromatic rings. The highest BCUT2D eigenvalue weighted by molar-refractivity contribution is 7.89. The molecule has 170 valence electrons. The molecule has 7 nitrogen and oxygen atoms in total. The van der Waals surface area contributed by atoms with Gasteiger partial charge in [0.2, 0.25) is 21.8 Å². The van der Waals surface area contributed by atoms with Gasteiger partial charge in [-0.2, -0.15) is 4.31 Å². The monoisotopic (exact) mass is 463 g/mol. The van der Waals surface area contributed by atoms with Crippen LogP contribution >= 0.6 is 0 Å². The third kappa shape index (κ3) is 5.47. The predicted octanol–water partition coefficient (Wildman–Crippen LogP) is 3.64. The van der Waals surface area contributed by atoms with Gasteiger partial charge in [-0.15, -0.1) is 0 Å². The first-order chi connectivity index (χ1) is 15.9. The number of nitrogens with one attached hydrogen (secondary N) is 1. The fourth-order valence-corrected chi connectivity index (χ4v) is 5.17. The molecule has 4 rings (SSSR count). The van der Waals surface area contributed by atoms with Crippen molar-refractivity contribution in [1.29, 1.82) is 0 Å². The number of carbonyl (C=O) groups is 2. The summed E-state index contributed by atoms with van der Waals surface area (Å²) in [5, 5.41) is 2.76. The molecular weight excluding hydrogens is 438 g/mol. The van der Waals surface area contributed by atoms with Crippen molar-refractivity contribution in [2.45, 2.75) is 24.3 Å². The molecule has 1 saturated heterocycles. The maximum atomic E-state index is 13.3. The van der Waals surface area contributed by atoms with Gasteiger partial charge in [-0.05, 0) is 48.4 Å². The molecule has 0 atom stereocenters. The zero-order valence-corrected chi connectivity index (χ0v) is 18.9. The van der Waals surface area contributed by atoms with Crippen LogP contribution in [0.1, 0.15) is 18.4 Å². The van der Waals surface area contributed by atoms with Crippen molar-refractivity contribution in [3.63, 3.8) is 0 Å². The predicted molar refractivity (Wildman–Crippen MR) is 127 cm³/mol. The van der Waals surface area contributed by atoms with Crippen LogP contribution in [0.25, 0.3) is 0 Å². The molecule has 1 N–H and O–H groups in total. The minimum atomic E-state index is -3.88. The van der Waals surface area contributed by atoms with Gasteiger partial charge in [0.25, 0.3) is 0 Å². The highest BCUT2D eigenvalue weighted by atomic mass is 32.2. The SMILES string of the molecule is O=C(CN(Cc1ccccc1)S(=O)(=O)c1ccccc1)Nc1ccc(N2CCCC2=O)cc1. The molecule has 1 aliphatic heterocycles. The Labute approximate surface area is 193 Å². The van der Waals surface area contributed by atoms with Crippen LogP contribution in [0.5, 0.6) is 0 Å². The van der Waals surface area contributed by atoms with Crippen molar-refractivity contribution in [3.8, 4) is 0 Å². The van der Waals surface area contributed by atoms with Crippen molar-refractivity contribution < 1.29 is 18.0 Å². The number of hydrogen-bond acceptors (Lipinski definition) is 4. The number of anilines is 2. The summed E-state index contributed by atoms with van der Waals surface area (Å²) < 4.78 is 27.7. The maximum Gasteiger partial charge on any atom is 0.243 e. The summed E-state index contributed by atoms with van der Waals surface area (Å²) in [5.74, 6) is -0.357. The van der Waals surface area contributed by atoms with Crippen LogP contribution in [0.2, 0.25) is 0 Å². The average Bonchev–Trinajstić information content (AvgIpc) is 3.26. The van der Waals surface area contributed by atoms with Crippen molar-refractivity contribution >= 4 is 33.2 Å². The summed E-state index contributed by atoms with van der Waals surface area (Å²) in [5.41, 5.74) is 2.10. The summed E-state index contributed by atoms with van der Waals surface area (Å²) in [4.78, 5) is 26.6. The van der Waals surface area contributed by atoms with Crippen LogP contribution < -0.4 is 10.2 Å². The van der Waals surface area contributed by atoms with Gasteiger partial charge in [0.15, 0.2) is 0 Å². The molecule has 2 amide bonds.